The monoisotopic (exact) mass is 359 g/mol. The number of piperidine rings is 1. The van der Waals surface area contributed by atoms with Crippen LogP contribution in [0.4, 0.5) is 0 Å². The number of nitrogens with zero attached hydrogens (tertiary/aromatic N) is 3. The Morgan fingerprint density at radius 3 is 2.92 bits per heavy atom. The van der Waals surface area contributed by atoms with Gasteiger partial charge >= 0.3 is 0 Å². The SMILES string of the molecule is Cc1noc(C)c1CN1CCC2(CCCN(C(=O)c3ccsc3)C2)C1. The normalized spacial score (nSPS) is 24.3. The molecule has 0 saturated carbocycles. The van der Waals surface area contributed by atoms with Crippen LogP contribution in [0.1, 0.15) is 46.6 Å². The fourth-order valence-corrected chi connectivity index (χ4v) is 5.03. The Labute approximate surface area is 152 Å². The van der Waals surface area contributed by atoms with Gasteiger partial charge in [-0.15, -0.1) is 0 Å². The van der Waals surface area contributed by atoms with Crippen LogP contribution in [0.15, 0.2) is 21.3 Å². The lowest BCUT2D eigenvalue weighted by Crippen LogP contribution is -2.47. The van der Waals surface area contributed by atoms with Crippen molar-refractivity contribution in [2.75, 3.05) is 26.2 Å². The number of amides is 1. The number of carbonyl (C=O) groups excluding carboxylic acids is 1. The molecule has 6 heteroatoms. The number of aromatic nitrogens is 1. The van der Waals surface area contributed by atoms with Crippen molar-refractivity contribution in [3.05, 3.63) is 39.4 Å². The summed E-state index contributed by atoms with van der Waals surface area (Å²) in [5, 5.41) is 8.01. The quantitative estimate of drug-likeness (QED) is 0.842. The van der Waals surface area contributed by atoms with Crippen LogP contribution in [0, 0.1) is 19.3 Å². The van der Waals surface area contributed by atoms with Crippen molar-refractivity contribution in [1.82, 2.24) is 15.0 Å². The van der Waals surface area contributed by atoms with Crippen molar-refractivity contribution in [2.45, 2.75) is 39.7 Å². The molecule has 2 aliphatic heterocycles. The summed E-state index contributed by atoms with van der Waals surface area (Å²) in [6.07, 6.45) is 3.50. The highest BCUT2D eigenvalue weighted by atomic mass is 32.1. The number of carbonyl (C=O) groups is 1. The lowest BCUT2D eigenvalue weighted by molar-refractivity contribution is 0.0527. The number of thiophene rings is 1. The summed E-state index contributed by atoms with van der Waals surface area (Å²) in [6, 6.07) is 1.94. The maximum absolute atomic E-state index is 12.7. The minimum atomic E-state index is 0.199. The zero-order valence-electron chi connectivity index (χ0n) is 15.0. The summed E-state index contributed by atoms with van der Waals surface area (Å²) in [7, 11) is 0. The number of aryl methyl sites for hydroxylation is 2. The first-order chi connectivity index (χ1) is 12.1. The smallest absolute Gasteiger partial charge is 0.254 e. The van der Waals surface area contributed by atoms with Crippen LogP contribution in [-0.4, -0.2) is 47.0 Å². The average molecular weight is 359 g/mol. The molecule has 2 aromatic heterocycles. The molecule has 134 valence electrons. The first-order valence-electron chi connectivity index (χ1n) is 9.02. The summed E-state index contributed by atoms with van der Waals surface area (Å²) in [5.41, 5.74) is 3.31. The first-order valence-corrected chi connectivity index (χ1v) is 9.96. The Morgan fingerprint density at radius 2 is 2.20 bits per heavy atom. The topological polar surface area (TPSA) is 49.6 Å². The minimum absolute atomic E-state index is 0.199. The highest BCUT2D eigenvalue weighted by Gasteiger charge is 2.42. The van der Waals surface area contributed by atoms with Gasteiger partial charge in [-0.2, -0.15) is 11.3 Å². The van der Waals surface area contributed by atoms with Crippen molar-refractivity contribution in [1.29, 1.82) is 0 Å². The van der Waals surface area contributed by atoms with Crippen LogP contribution >= 0.6 is 11.3 Å². The van der Waals surface area contributed by atoms with E-state index in [4.69, 9.17) is 4.52 Å². The van der Waals surface area contributed by atoms with Crippen LogP contribution in [-0.2, 0) is 6.54 Å². The van der Waals surface area contributed by atoms with E-state index < -0.39 is 0 Å². The third-order valence-corrected chi connectivity index (χ3v) is 6.48. The molecular weight excluding hydrogens is 334 g/mol. The highest BCUT2D eigenvalue weighted by Crippen LogP contribution is 2.40. The van der Waals surface area contributed by atoms with Crippen LogP contribution in [0.3, 0.4) is 0 Å². The molecule has 0 radical (unpaired) electrons. The van der Waals surface area contributed by atoms with Crippen molar-refractivity contribution in [2.24, 2.45) is 5.41 Å². The second-order valence-corrected chi connectivity index (χ2v) is 8.39. The lowest BCUT2D eigenvalue weighted by Gasteiger charge is -2.40. The molecule has 2 fully saturated rings. The summed E-state index contributed by atoms with van der Waals surface area (Å²) < 4.78 is 5.30. The largest absolute Gasteiger partial charge is 0.361 e. The molecule has 1 atom stereocenters. The van der Waals surface area contributed by atoms with Gasteiger partial charge < -0.3 is 9.42 Å². The maximum Gasteiger partial charge on any atom is 0.254 e. The molecule has 25 heavy (non-hydrogen) atoms. The van der Waals surface area contributed by atoms with Gasteiger partial charge in [-0.1, -0.05) is 5.16 Å². The number of likely N-dealkylation sites (tertiary alicyclic amines) is 2. The number of rotatable bonds is 3. The lowest BCUT2D eigenvalue weighted by atomic mass is 9.79. The van der Waals surface area contributed by atoms with E-state index in [0.717, 1.165) is 56.2 Å². The van der Waals surface area contributed by atoms with Crippen LogP contribution < -0.4 is 0 Å². The van der Waals surface area contributed by atoms with Crippen molar-refractivity contribution >= 4 is 17.2 Å². The molecule has 1 spiro atoms. The van der Waals surface area contributed by atoms with Crippen molar-refractivity contribution in [3.63, 3.8) is 0 Å². The maximum atomic E-state index is 12.7. The minimum Gasteiger partial charge on any atom is -0.361 e. The molecule has 0 aliphatic carbocycles. The molecule has 0 bridgehead atoms. The molecule has 4 heterocycles. The van der Waals surface area contributed by atoms with Gasteiger partial charge in [0, 0.05) is 42.5 Å². The molecule has 4 rings (SSSR count). The van der Waals surface area contributed by atoms with E-state index in [1.54, 1.807) is 11.3 Å². The first kappa shape index (κ1) is 16.8. The van der Waals surface area contributed by atoms with Gasteiger partial charge in [0.15, 0.2) is 0 Å². The summed E-state index contributed by atoms with van der Waals surface area (Å²) in [5.74, 6) is 1.13. The van der Waals surface area contributed by atoms with E-state index >= 15 is 0 Å². The fourth-order valence-electron chi connectivity index (χ4n) is 4.40. The number of hydrogen-bond donors (Lipinski definition) is 0. The third-order valence-electron chi connectivity index (χ3n) is 5.80. The van der Waals surface area contributed by atoms with Gasteiger partial charge in [0.2, 0.25) is 0 Å². The molecule has 2 aromatic rings. The van der Waals surface area contributed by atoms with E-state index in [-0.39, 0.29) is 11.3 Å². The zero-order chi connectivity index (χ0) is 17.4. The molecule has 2 saturated heterocycles. The Bertz CT molecular complexity index is 735. The predicted molar refractivity (Wildman–Crippen MR) is 97.8 cm³/mol. The molecule has 1 amide bonds. The molecule has 0 N–H and O–H groups in total. The summed E-state index contributed by atoms with van der Waals surface area (Å²) in [4.78, 5) is 17.3. The molecule has 5 nitrogen and oxygen atoms in total. The van der Waals surface area contributed by atoms with E-state index in [2.05, 4.69) is 15.0 Å². The van der Waals surface area contributed by atoms with Crippen molar-refractivity contribution < 1.29 is 9.32 Å². The Hall–Kier alpha value is -1.66. The van der Waals surface area contributed by atoms with Gasteiger partial charge in [-0.05, 0) is 51.1 Å². The fraction of sp³-hybridized carbons (Fsp3) is 0.579. The second-order valence-electron chi connectivity index (χ2n) is 7.61. The Morgan fingerprint density at radius 1 is 1.32 bits per heavy atom. The molecule has 1 unspecified atom stereocenters. The zero-order valence-corrected chi connectivity index (χ0v) is 15.8. The van der Waals surface area contributed by atoms with Gasteiger partial charge in [-0.25, -0.2) is 0 Å². The van der Waals surface area contributed by atoms with Crippen LogP contribution in [0.5, 0.6) is 0 Å². The third kappa shape index (κ3) is 3.25. The van der Waals surface area contributed by atoms with Gasteiger partial charge in [-0.3, -0.25) is 9.69 Å². The Kier molecular flexibility index (Phi) is 4.41. The van der Waals surface area contributed by atoms with Gasteiger partial charge in [0.25, 0.3) is 5.91 Å². The predicted octanol–water partition coefficient (Wildman–Crippen LogP) is 3.48. The van der Waals surface area contributed by atoms with Crippen LogP contribution in [0.2, 0.25) is 0 Å². The van der Waals surface area contributed by atoms with Gasteiger partial charge in [0.1, 0.15) is 5.76 Å². The summed E-state index contributed by atoms with van der Waals surface area (Å²) in [6.45, 7) is 8.83. The summed E-state index contributed by atoms with van der Waals surface area (Å²) >= 11 is 1.59. The Balaban J connectivity index is 1.43. The second kappa shape index (κ2) is 6.57. The molecular formula is C19H25N3O2S. The van der Waals surface area contributed by atoms with E-state index in [9.17, 15) is 4.79 Å². The van der Waals surface area contributed by atoms with E-state index in [1.165, 1.54) is 18.4 Å². The van der Waals surface area contributed by atoms with Crippen molar-refractivity contribution in [3.8, 4) is 0 Å². The van der Waals surface area contributed by atoms with E-state index in [0.29, 0.717) is 0 Å². The highest BCUT2D eigenvalue weighted by molar-refractivity contribution is 7.08. The van der Waals surface area contributed by atoms with Gasteiger partial charge in [0.05, 0.1) is 11.3 Å². The molecule has 0 aromatic carbocycles. The molecule has 2 aliphatic rings. The number of hydrogen-bond acceptors (Lipinski definition) is 5. The average Bonchev–Trinajstić information content (AvgIpc) is 3.33. The van der Waals surface area contributed by atoms with E-state index in [1.807, 2.05) is 30.7 Å². The standard InChI is InChI=1S/C19H25N3O2S/c1-14-17(15(2)24-20-14)10-21-8-6-19(12-21)5-3-7-22(13-19)18(23)16-4-9-25-11-16/h4,9,11H,3,5-8,10,12-13H2,1-2H3. The van der Waals surface area contributed by atoms with Crippen LogP contribution in [0.25, 0.3) is 0 Å².